The Bertz CT molecular complexity index is 325. The Kier molecular flexibility index (Phi) is 3.78. The molecule has 78 valence electrons. The van der Waals surface area contributed by atoms with Gasteiger partial charge in [0.1, 0.15) is 5.75 Å². The third-order valence-electron chi connectivity index (χ3n) is 2.42. The summed E-state index contributed by atoms with van der Waals surface area (Å²) in [6, 6.07) is 3.89. The summed E-state index contributed by atoms with van der Waals surface area (Å²) >= 11 is 6.04. The molecular weight excluding hydrogens is 198 g/mol. The van der Waals surface area contributed by atoms with Crippen molar-refractivity contribution in [1.29, 1.82) is 0 Å². The van der Waals surface area contributed by atoms with Crippen LogP contribution in [0.4, 0.5) is 0 Å². The summed E-state index contributed by atoms with van der Waals surface area (Å²) in [6.07, 6.45) is 0. The molecule has 2 N–H and O–H groups in total. The summed E-state index contributed by atoms with van der Waals surface area (Å²) in [7, 11) is 1.62. The molecule has 14 heavy (non-hydrogen) atoms. The zero-order valence-electron chi connectivity index (χ0n) is 8.80. The van der Waals surface area contributed by atoms with Crippen molar-refractivity contribution in [3.05, 3.63) is 28.3 Å². The van der Waals surface area contributed by atoms with Gasteiger partial charge < -0.3 is 10.5 Å². The molecule has 1 aromatic carbocycles. The average molecular weight is 214 g/mol. The molecule has 0 aliphatic carbocycles. The fourth-order valence-electron chi connectivity index (χ4n) is 1.48. The standard InChI is InChI=1S/C11H16ClNO/c1-7-4-11(14-3)10(12)5-9(7)8(2)6-13/h4-5,8H,6,13H2,1-3H3. The number of halogens is 1. The van der Waals surface area contributed by atoms with Crippen LogP contribution in [0.2, 0.25) is 5.02 Å². The zero-order valence-corrected chi connectivity index (χ0v) is 9.56. The van der Waals surface area contributed by atoms with Gasteiger partial charge in [0.25, 0.3) is 0 Å². The molecule has 0 bridgehead atoms. The van der Waals surface area contributed by atoms with Crippen molar-refractivity contribution in [3.63, 3.8) is 0 Å². The molecule has 0 saturated carbocycles. The van der Waals surface area contributed by atoms with Crippen molar-refractivity contribution in [1.82, 2.24) is 0 Å². The first-order chi connectivity index (χ1) is 6.60. The number of benzene rings is 1. The predicted molar refractivity (Wildman–Crippen MR) is 60.2 cm³/mol. The molecule has 0 amide bonds. The fraction of sp³-hybridized carbons (Fsp3) is 0.455. The minimum atomic E-state index is 0.332. The molecule has 1 rings (SSSR count). The van der Waals surface area contributed by atoms with Gasteiger partial charge in [-0.3, -0.25) is 0 Å². The SMILES string of the molecule is COc1cc(C)c(C(C)CN)cc1Cl. The van der Waals surface area contributed by atoms with E-state index in [4.69, 9.17) is 22.1 Å². The second-order valence-electron chi connectivity index (χ2n) is 3.48. The Balaban J connectivity index is 3.14. The van der Waals surface area contributed by atoms with Gasteiger partial charge in [-0.15, -0.1) is 0 Å². The number of hydrogen-bond donors (Lipinski definition) is 1. The van der Waals surface area contributed by atoms with Gasteiger partial charge in [-0.2, -0.15) is 0 Å². The van der Waals surface area contributed by atoms with E-state index in [9.17, 15) is 0 Å². The molecule has 1 aromatic rings. The van der Waals surface area contributed by atoms with Crippen LogP contribution < -0.4 is 10.5 Å². The van der Waals surface area contributed by atoms with Crippen molar-refractivity contribution in [2.75, 3.05) is 13.7 Å². The number of aryl methyl sites for hydroxylation is 1. The highest BCUT2D eigenvalue weighted by Crippen LogP contribution is 2.30. The second-order valence-corrected chi connectivity index (χ2v) is 3.89. The molecule has 0 aliphatic rings. The van der Waals surface area contributed by atoms with Crippen molar-refractivity contribution >= 4 is 11.6 Å². The average Bonchev–Trinajstić information content (AvgIpc) is 2.19. The van der Waals surface area contributed by atoms with Gasteiger partial charge in [-0.25, -0.2) is 0 Å². The highest BCUT2D eigenvalue weighted by molar-refractivity contribution is 6.32. The molecule has 0 radical (unpaired) electrons. The minimum absolute atomic E-state index is 0.332. The Labute approximate surface area is 90.0 Å². The first-order valence-corrected chi connectivity index (χ1v) is 5.02. The summed E-state index contributed by atoms with van der Waals surface area (Å²) in [5, 5.41) is 0.647. The number of rotatable bonds is 3. The van der Waals surface area contributed by atoms with Crippen LogP contribution >= 0.6 is 11.6 Å². The van der Waals surface area contributed by atoms with Crippen LogP contribution in [0.15, 0.2) is 12.1 Å². The summed E-state index contributed by atoms with van der Waals surface area (Å²) < 4.78 is 5.13. The lowest BCUT2D eigenvalue weighted by Gasteiger charge is -2.14. The van der Waals surface area contributed by atoms with Crippen LogP contribution in [0.5, 0.6) is 5.75 Å². The highest BCUT2D eigenvalue weighted by atomic mass is 35.5. The van der Waals surface area contributed by atoms with Crippen LogP contribution in [-0.4, -0.2) is 13.7 Å². The van der Waals surface area contributed by atoms with E-state index in [0.29, 0.717) is 17.5 Å². The maximum absolute atomic E-state index is 6.04. The van der Waals surface area contributed by atoms with Crippen LogP contribution in [0.25, 0.3) is 0 Å². The molecule has 3 heteroatoms. The molecule has 2 nitrogen and oxygen atoms in total. The van der Waals surface area contributed by atoms with Gasteiger partial charge in [0.15, 0.2) is 0 Å². The van der Waals surface area contributed by atoms with E-state index in [1.165, 1.54) is 11.1 Å². The van der Waals surface area contributed by atoms with E-state index in [0.717, 1.165) is 5.75 Å². The largest absolute Gasteiger partial charge is 0.495 e. The lowest BCUT2D eigenvalue weighted by molar-refractivity contribution is 0.414. The van der Waals surface area contributed by atoms with Crippen LogP contribution in [0.3, 0.4) is 0 Å². The first-order valence-electron chi connectivity index (χ1n) is 4.64. The summed E-state index contributed by atoms with van der Waals surface area (Å²) in [5.74, 6) is 1.05. The minimum Gasteiger partial charge on any atom is -0.495 e. The van der Waals surface area contributed by atoms with Gasteiger partial charge in [-0.05, 0) is 42.6 Å². The van der Waals surface area contributed by atoms with Gasteiger partial charge >= 0.3 is 0 Å². The predicted octanol–water partition coefficient (Wildman–Crippen LogP) is 2.72. The molecule has 0 heterocycles. The second kappa shape index (κ2) is 4.67. The van der Waals surface area contributed by atoms with Crippen molar-refractivity contribution in [2.45, 2.75) is 19.8 Å². The molecule has 0 fully saturated rings. The molecule has 0 aliphatic heterocycles. The maximum atomic E-state index is 6.04. The monoisotopic (exact) mass is 213 g/mol. The summed E-state index contributed by atoms with van der Waals surface area (Å²) in [6.45, 7) is 4.76. The number of hydrogen-bond acceptors (Lipinski definition) is 2. The van der Waals surface area contributed by atoms with E-state index in [2.05, 4.69) is 6.92 Å². The van der Waals surface area contributed by atoms with Gasteiger partial charge in [-0.1, -0.05) is 18.5 Å². The Morgan fingerprint density at radius 3 is 2.64 bits per heavy atom. The van der Waals surface area contributed by atoms with E-state index in [1.807, 2.05) is 19.1 Å². The van der Waals surface area contributed by atoms with Gasteiger partial charge in [0.2, 0.25) is 0 Å². The number of ether oxygens (including phenoxy) is 1. The molecule has 0 aromatic heterocycles. The fourth-order valence-corrected chi connectivity index (χ4v) is 1.73. The number of methoxy groups -OCH3 is 1. The van der Waals surface area contributed by atoms with Crippen molar-refractivity contribution in [2.24, 2.45) is 5.73 Å². The molecule has 1 unspecified atom stereocenters. The normalized spacial score (nSPS) is 12.6. The van der Waals surface area contributed by atoms with Gasteiger partial charge in [0, 0.05) is 0 Å². The molecular formula is C11H16ClNO. The molecule has 0 spiro atoms. The lowest BCUT2D eigenvalue weighted by Crippen LogP contribution is -2.10. The first kappa shape index (κ1) is 11.3. The van der Waals surface area contributed by atoms with Crippen LogP contribution in [0.1, 0.15) is 24.0 Å². The van der Waals surface area contributed by atoms with E-state index in [1.54, 1.807) is 7.11 Å². The summed E-state index contributed by atoms with van der Waals surface area (Å²) in [5.41, 5.74) is 7.98. The van der Waals surface area contributed by atoms with Gasteiger partial charge in [0.05, 0.1) is 12.1 Å². The zero-order chi connectivity index (χ0) is 10.7. The topological polar surface area (TPSA) is 35.2 Å². The highest BCUT2D eigenvalue weighted by Gasteiger charge is 2.10. The smallest absolute Gasteiger partial charge is 0.137 e. The van der Waals surface area contributed by atoms with E-state index < -0.39 is 0 Å². The molecule has 1 atom stereocenters. The third-order valence-corrected chi connectivity index (χ3v) is 2.72. The summed E-state index contributed by atoms with van der Waals surface area (Å²) in [4.78, 5) is 0. The third kappa shape index (κ3) is 2.20. The van der Waals surface area contributed by atoms with Crippen molar-refractivity contribution < 1.29 is 4.74 Å². The molecule has 0 saturated heterocycles. The van der Waals surface area contributed by atoms with E-state index in [-0.39, 0.29) is 0 Å². The van der Waals surface area contributed by atoms with Crippen LogP contribution in [-0.2, 0) is 0 Å². The van der Waals surface area contributed by atoms with E-state index >= 15 is 0 Å². The quantitative estimate of drug-likeness (QED) is 0.838. The Hall–Kier alpha value is -0.730. The number of nitrogens with two attached hydrogens (primary N) is 1. The van der Waals surface area contributed by atoms with Crippen molar-refractivity contribution in [3.8, 4) is 5.75 Å². The Morgan fingerprint density at radius 2 is 2.14 bits per heavy atom. The lowest BCUT2D eigenvalue weighted by atomic mass is 9.96. The Morgan fingerprint density at radius 1 is 1.50 bits per heavy atom. The maximum Gasteiger partial charge on any atom is 0.137 e. The van der Waals surface area contributed by atoms with Crippen LogP contribution in [0, 0.1) is 6.92 Å².